The molecule has 1 rings (SSSR count). The number of anilines is 1. The summed E-state index contributed by atoms with van der Waals surface area (Å²) in [6, 6.07) is 4.36. The molecule has 0 bridgehead atoms. The minimum atomic E-state index is -4.55. The Morgan fingerprint density at radius 2 is 2.00 bits per heavy atom. The van der Waals surface area contributed by atoms with Crippen LogP contribution in [0.4, 0.5) is 24.5 Å². The molecule has 0 saturated heterocycles. The van der Waals surface area contributed by atoms with Crippen molar-refractivity contribution in [3.05, 3.63) is 34.4 Å². The van der Waals surface area contributed by atoms with Gasteiger partial charge in [-0.2, -0.15) is 13.2 Å². The van der Waals surface area contributed by atoms with Gasteiger partial charge in [-0.25, -0.2) is 0 Å². The van der Waals surface area contributed by atoms with E-state index in [9.17, 15) is 23.3 Å². The zero-order chi connectivity index (χ0) is 11.6. The van der Waals surface area contributed by atoms with Gasteiger partial charge in [0.05, 0.1) is 10.6 Å². The molecule has 7 heteroatoms. The van der Waals surface area contributed by atoms with E-state index in [-0.39, 0.29) is 16.3 Å². The van der Waals surface area contributed by atoms with Crippen molar-refractivity contribution in [1.29, 1.82) is 0 Å². The topological polar surface area (TPSA) is 46.4 Å². The van der Waals surface area contributed by atoms with Crippen LogP contribution in [0.15, 0.2) is 24.3 Å². The van der Waals surface area contributed by atoms with Crippen molar-refractivity contribution in [2.75, 3.05) is 11.9 Å². The van der Waals surface area contributed by atoms with Crippen molar-refractivity contribution in [3.8, 4) is 0 Å². The first-order valence-electron chi connectivity index (χ1n) is 3.87. The molecule has 0 radical (unpaired) electrons. The second-order valence-corrected chi connectivity index (χ2v) is 2.80. The second kappa shape index (κ2) is 3.76. The van der Waals surface area contributed by atoms with Crippen LogP contribution in [-0.2, 0) is 0 Å². The van der Waals surface area contributed by atoms with Crippen LogP contribution >= 0.6 is 0 Å². The Bertz CT molecular complexity index is 378. The highest BCUT2D eigenvalue weighted by atomic mass is 19.4. The lowest BCUT2D eigenvalue weighted by Crippen LogP contribution is -2.33. The van der Waals surface area contributed by atoms with Crippen molar-refractivity contribution in [1.82, 2.24) is 0 Å². The van der Waals surface area contributed by atoms with Gasteiger partial charge in [0.25, 0.3) is 5.69 Å². The maximum absolute atomic E-state index is 12.2. The van der Waals surface area contributed by atoms with Gasteiger partial charge in [-0.1, -0.05) is 6.07 Å². The fourth-order valence-electron chi connectivity index (χ4n) is 0.962. The van der Waals surface area contributed by atoms with Crippen molar-refractivity contribution in [2.24, 2.45) is 0 Å². The van der Waals surface area contributed by atoms with E-state index in [2.05, 4.69) is 0 Å². The van der Waals surface area contributed by atoms with Crippen LogP contribution in [0.1, 0.15) is 0 Å². The Balaban J connectivity index is 3.06. The average Bonchev–Trinajstić information content (AvgIpc) is 2.15. The van der Waals surface area contributed by atoms with Gasteiger partial charge < -0.3 is 0 Å². The molecular formula is C8H7F3N2O2. The van der Waals surface area contributed by atoms with E-state index >= 15 is 0 Å². The van der Waals surface area contributed by atoms with Crippen molar-refractivity contribution < 1.29 is 18.1 Å². The lowest BCUT2D eigenvalue weighted by Gasteiger charge is -2.21. The molecule has 0 aromatic heterocycles. The van der Waals surface area contributed by atoms with Crippen LogP contribution in [-0.4, -0.2) is 18.3 Å². The summed E-state index contributed by atoms with van der Waals surface area (Å²) in [6.07, 6.45) is -4.55. The molecule has 0 unspecified atom stereocenters. The summed E-state index contributed by atoms with van der Waals surface area (Å²) in [7, 11) is 0.805. The summed E-state index contributed by atoms with van der Waals surface area (Å²) in [5, 5.41) is 10.3. The van der Waals surface area contributed by atoms with E-state index in [0.717, 1.165) is 25.2 Å². The third kappa shape index (κ3) is 2.58. The molecule has 4 nitrogen and oxygen atoms in total. The summed E-state index contributed by atoms with van der Waals surface area (Å²) in [5.41, 5.74) is -0.639. The zero-order valence-corrected chi connectivity index (χ0v) is 7.65. The Labute approximate surface area is 83.1 Å². The van der Waals surface area contributed by atoms with Gasteiger partial charge in [0, 0.05) is 19.2 Å². The number of rotatable bonds is 2. The second-order valence-electron chi connectivity index (χ2n) is 2.80. The molecule has 0 N–H and O–H groups in total. The Morgan fingerprint density at radius 1 is 1.40 bits per heavy atom. The molecule has 0 saturated carbocycles. The highest BCUT2D eigenvalue weighted by Gasteiger charge is 2.34. The predicted octanol–water partition coefficient (Wildman–Crippen LogP) is 2.55. The van der Waals surface area contributed by atoms with Crippen LogP contribution in [0.25, 0.3) is 0 Å². The quantitative estimate of drug-likeness (QED) is 0.437. The molecule has 0 fully saturated rings. The Kier molecular flexibility index (Phi) is 2.83. The standard InChI is InChI=1S/C8H7F3N2O2/c1-12(8(9,10)11)6-3-2-4-7(5-6)13(14)15/h2-5H,1H3. The molecule has 0 atom stereocenters. The van der Waals surface area contributed by atoms with Crippen LogP contribution in [0.2, 0.25) is 0 Å². The minimum absolute atomic E-state index is 0.0139. The summed E-state index contributed by atoms with van der Waals surface area (Å²) < 4.78 is 36.7. The molecule has 0 aliphatic carbocycles. The van der Waals surface area contributed by atoms with Gasteiger partial charge in [-0.05, 0) is 6.07 Å². The number of nitro groups is 1. The van der Waals surface area contributed by atoms with E-state index in [1.165, 1.54) is 6.07 Å². The molecule has 82 valence electrons. The Morgan fingerprint density at radius 3 is 2.47 bits per heavy atom. The molecule has 1 aromatic rings. The molecule has 0 aliphatic rings. The number of alkyl halides is 3. The molecule has 0 amide bonds. The third-order valence-electron chi connectivity index (χ3n) is 1.81. The van der Waals surface area contributed by atoms with Crippen LogP contribution in [0, 0.1) is 10.1 Å². The fraction of sp³-hybridized carbons (Fsp3) is 0.250. The molecule has 0 spiro atoms. The molecular weight excluding hydrogens is 213 g/mol. The molecule has 15 heavy (non-hydrogen) atoms. The van der Waals surface area contributed by atoms with Gasteiger partial charge >= 0.3 is 6.30 Å². The van der Waals surface area contributed by atoms with Gasteiger partial charge in [-0.3, -0.25) is 15.0 Å². The number of hydrogen-bond donors (Lipinski definition) is 0. The van der Waals surface area contributed by atoms with Gasteiger partial charge in [0.1, 0.15) is 0 Å². The summed E-state index contributed by atoms with van der Waals surface area (Å²) >= 11 is 0. The zero-order valence-electron chi connectivity index (χ0n) is 7.65. The normalized spacial score (nSPS) is 11.2. The fourth-order valence-corrected chi connectivity index (χ4v) is 0.962. The highest BCUT2D eigenvalue weighted by Crippen LogP contribution is 2.28. The van der Waals surface area contributed by atoms with Crippen molar-refractivity contribution in [2.45, 2.75) is 6.30 Å². The third-order valence-corrected chi connectivity index (χ3v) is 1.81. The summed E-state index contributed by atoms with van der Waals surface area (Å²) in [6.45, 7) is 0. The monoisotopic (exact) mass is 220 g/mol. The predicted molar refractivity (Wildman–Crippen MR) is 47.6 cm³/mol. The molecule has 0 heterocycles. The average molecular weight is 220 g/mol. The lowest BCUT2D eigenvalue weighted by molar-refractivity contribution is -0.384. The SMILES string of the molecule is CN(c1cccc([N+](=O)[O-])c1)C(F)(F)F. The number of non-ortho nitro benzene ring substituents is 1. The summed E-state index contributed by atoms with van der Waals surface area (Å²) in [4.78, 5) is 9.60. The van der Waals surface area contributed by atoms with E-state index in [1.807, 2.05) is 0 Å². The van der Waals surface area contributed by atoms with E-state index in [4.69, 9.17) is 0 Å². The number of nitro benzene ring substituents is 1. The Hall–Kier alpha value is -1.79. The van der Waals surface area contributed by atoms with Crippen LogP contribution < -0.4 is 4.90 Å². The van der Waals surface area contributed by atoms with E-state index in [1.54, 1.807) is 0 Å². The number of halogens is 3. The first kappa shape index (κ1) is 11.3. The van der Waals surface area contributed by atoms with Crippen molar-refractivity contribution in [3.63, 3.8) is 0 Å². The first-order valence-corrected chi connectivity index (χ1v) is 3.87. The lowest BCUT2D eigenvalue weighted by atomic mass is 10.2. The van der Waals surface area contributed by atoms with E-state index < -0.39 is 11.2 Å². The van der Waals surface area contributed by atoms with Crippen molar-refractivity contribution >= 4 is 11.4 Å². The minimum Gasteiger partial charge on any atom is -0.287 e. The number of nitrogens with zero attached hydrogens (tertiary/aromatic N) is 2. The first-order chi connectivity index (χ1) is 6.82. The van der Waals surface area contributed by atoms with Crippen LogP contribution in [0.5, 0.6) is 0 Å². The van der Waals surface area contributed by atoms with Gasteiger partial charge in [0.15, 0.2) is 0 Å². The van der Waals surface area contributed by atoms with E-state index in [0.29, 0.717) is 0 Å². The maximum atomic E-state index is 12.2. The largest absolute Gasteiger partial charge is 0.484 e. The molecule has 0 aliphatic heterocycles. The van der Waals surface area contributed by atoms with Gasteiger partial charge in [0.2, 0.25) is 0 Å². The maximum Gasteiger partial charge on any atom is 0.484 e. The van der Waals surface area contributed by atoms with Gasteiger partial charge in [-0.15, -0.1) is 0 Å². The highest BCUT2D eigenvalue weighted by molar-refractivity contribution is 5.53. The molecule has 1 aromatic carbocycles. The number of benzene rings is 1. The smallest absolute Gasteiger partial charge is 0.287 e. The number of hydrogen-bond acceptors (Lipinski definition) is 3. The summed E-state index contributed by atoms with van der Waals surface area (Å²) in [5.74, 6) is 0. The van der Waals surface area contributed by atoms with Crippen LogP contribution in [0.3, 0.4) is 0 Å².